The second-order valence-electron chi connectivity index (χ2n) is 8.68. The van der Waals surface area contributed by atoms with E-state index in [9.17, 15) is 35.1 Å². The van der Waals surface area contributed by atoms with Crippen LogP contribution in [-0.4, -0.2) is 6.18 Å². The summed E-state index contributed by atoms with van der Waals surface area (Å²) in [6.45, 7) is 2.06. The van der Waals surface area contributed by atoms with Crippen LogP contribution >= 0.6 is 0 Å². The van der Waals surface area contributed by atoms with Crippen molar-refractivity contribution in [2.45, 2.75) is 25.9 Å². The van der Waals surface area contributed by atoms with Gasteiger partial charge in [0.2, 0.25) is 0 Å². The summed E-state index contributed by atoms with van der Waals surface area (Å²) in [7, 11) is 0. The molecule has 0 spiro atoms. The van der Waals surface area contributed by atoms with Gasteiger partial charge >= 0.3 is 6.18 Å². The van der Waals surface area contributed by atoms with Crippen molar-refractivity contribution in [3.05, 3.63) is 113 Å². The Bertz CT molecular complexity index is 1450. The lowest BCUT2D eigenvalue weighted by Crippen LogP contribution is -2.01. The highest BCUT2D eigenvalue weighted by Gasteiger charge is 2.24. The molecule has 0 saturated heterocycles. The summed E-state index contributed by atoms with van der Waals surface area (Å²) in [6.07, 6.45) is -3.07. The van der Waals surface area contributed by atoms with E-state index < -0.39 is 52.0 Å². The summed E-state index contributed by atoms with van der Waals surface area (Å²) in [5.74, 6) is -6.07. The lowest BCUT2D eigenvalue weighted by Gasteiger charge is -2.12. The number of aryl methyl sites for hydroxylation is 1. The van der Waals surface area contributed by atoms with E-state index in [4.69, 9.17) is 0 Å². The summed E-state index contributed by atoms with van der Waals surface area (Å²) in [5.41, 5.74) is -0.132. The van der Waals surface area contributed by atoms with Crippen molar-refractivity contribution in [1.82, 2.24) is 0 Å². The third-order valence-electron chi connectivity index (χ3n) is 5.95. The molecule has 0 N–H and O–H groups in total. The first kappa shape index (κ1) is 27.1. The van der Waals surface area contributed by atoms with Crippen LogP contribution in [0.25, 0.3) is 39.5 Å². The normalized spacial score (nSPS) is 11.9. The average molecular weight is 532 g/mol. The Morgan fingerprint density at radius 2 is 1.13 bits per heavy atom. The molecule has 0 amide bonds. The Hall–Kier alpha value is -3.94. The molecule has 0 bridgehead atoms. The fourth-order valence-corrected chi connectivity index (χ4v) is 4.15. The molecule has 0 saturated carbocycles. The molecule has 4 aromatic rings. The van der Waals surface area contributed by atoms with Gasteiger partial charge in [0.1, 0.15) is 29.1 Å². The fourth-order valence-electron chi connectivity index (χ4n) is 4.15. The van der Waals surface area contributed by atoms with Crippen molar-refractivity contribution in [3.8, 4) is 33.4 Å². The SMILES string of the molecule is CCCc1ccc(-c2ccc(-c3cc(F)c(-c4cc(F)c(C=CC(F)(F)F)c(F)c4)c(F)c3)c(F)c2)cc1. The molecule has 0 aliphatic heterocycles. The minimum atomic E-state index is -4.81. The van der Waals surface area contributed by atoms with Crippen molar-refractivity contribution >= 4 is 6.08 Å². The fraction of sp³-hybridized carbons (Fsp3) is 0.133. The number of hydrogen-bond acceptors (Lipinski definition) is 0. The number of allylic oxidation sites excluding steroid dienone is 1. The maximum absolute atomic E-state index is 15.0. The van der Waals surface area contributed by atoms with Crippen LogP contribution in [0, 0.1) is 29.1 Å². The summed E-state index contributed by atoms with van der Waals surface area (Å²) in [6, 6.07) is 14.5. The number of alkyl halides is 3. The summed E-state index contributed by atoms with van der Waals surface area (Å²) in [5, 5.41) is 0. The predicted octanol–water partition coefficient (Wildman–Crippen LogP) is 9.91. The maximum atomic E-state index is 15.0. The molecular weight excluding hydrogens is 512 g/mol. The monoisotopic (exact) mass is 532 g/mol. The number of hydrogen-bond donors (Lipinski definition) is 0. The molecule has 0 nitrogen and oxygen atoms in total. The van der Waals surface area contributed by atoms with Crippen LogP contribution in [-0.2, 0) is 6.42 Å². The lowest BCUT2D eigenvalue weighted by atomic mass is 9.95. The van der Waals surface area contributed by atoms with Crippen LogP contribution < -0.4 is 0 Å². The van der Waals surface area contributed by atoms with Gasteiger partial charge in [0, 0.05) is 17.2 Å². The Morgan fingerprint density at radius 1 is 0.605 bits per heavy atom. The molecule has 4 rings (SSSR count). The predicted molar refractivity (Wildman–Crippen MR) is 132 cm³/mol. The zero-order chi connectivity index (χ0) is 27.6. The Labute approximate surface area is 213 Å². The first-order chi connectivity index (χ1) is 18.0. The van der Waals surface area contributed by atoms with Crippen molar-refractivity contribution in [2.24, 2.45) is 0 Å². The van der Waals surface area contributed by atoms with Crippen LogP contribution in [0.15, 0.2) is 72.8 Å². The van der Waals surface area contributed by atoms with Gasteiger partial charge in [-0.2, -0.15) is 13.2 Å². The van der Waals surface area contributed by atoms with E-state index in [1.165, 1.54) is 12.1 Å². The third-order valence-corrected chi connectivity index (χ3v) is 5.95. The molecule has 0 aliphatic rings. The van der Waals surface area contributed by atoms with Crippen molar-refractivity contribution in [3.63, 3.8) is 0 Å². The molecule has 8 heteroatoms. The largest absolute Gasteiger partial charge is 0.409 e. The number of rotatable bonds is 6. The standard InChI is InChI=1S/C30H20F8/c1-2-3-17-4-6-18(7-5-17)19-8-9-22(24(31)12-19)20-13-27(34)29(28(35)14-20)21-15-25(32)23(26(33)16-21)10-11-30(36,37)38/h4-16H,2-3H2,1H3. The quantitative estimate of drug-likeness (QED) is 0.217. The van der Waals surface area contributed by atoms with Gasteiger partial charge in [-0.3, -0.25) is 0 Å². The van der Waals surface area contributed by atoms with Gasteiger partial charge in [-0.25, -0.2) is 22.0 Å². The van der Waals surface area contributed by atoms with Gasteiger partial charge in [0.15, 0.2) is 0 Å². The van der Waals surface area contributed by atoms with Crippen molar-refractivity contribution < 1.29 is 35.1 Å². The minimum absolute atomic E-state index is 0.0919. The minimum Gasteiger partial charge on any atom is -0.206 e. The van der Waals surface area contributed by atoms with Crippen LogP contribution in [0.3, 0.4) is 0 Å². The molecule has 196 valence electrons. The Balaban J connectivity index is 1.67. The van der Waals surface area contributed by atoms with Gasteiger partial charge in [0.25, 0.3) is 0 Å². The Morgan fingerprint density at radius 3 is 1.66 bits per heavy atom. The van der Waals surface area contributed by atoms with Crippen LogP contribution in [0.1, 0.15) is 24.5 Å². The second-order valence-corrected chi connectivity index (χ2v) is 8.68. The molecule has 0 radical (unpaired) electrons. The maximum Gasteiger partial charge on any atom is 0.409 e. The van der Waals surface area contributed by atoms with E-state index >= 15 is 0 Å². The van der Waals surface area contributed by atoms with Crippen LogP contribution in [0.2, 0.25) is 0 Å². The van der Waals surface area contributed by atoms with Gasteiger partial charge in [-0.15, -0.1) is 0 Å². The molecule has 0 unspecified atom stereocenters. The van der Waals surface area contributed by atoms with Gasteiger partial charge in [0.05, 0.1) is 5.56 Å². The number of halogens is 8. The van der Waals surface area contributed by atoms with Crippen LogP contribution in [0.4, 0.5) is 35.1 Å². The average Bonchev–Trinajstić information content (AvgIpc) is 2.83. The zero-order valence-electron chi connectivity index (χ0n) is 19.9. The van der Waals surface area contributed by atoms with E-state index in [0.717, 1.165) is 36.1 Å². The third kappa shape index (κ3) is 5.96. The highest BCUT2D eigenvalue weighted by molar-refractivity contribution is 5.75. The van der Waals surface area contributed by atoms with Crippen molar-refractivity contribution in [2.75, 3.05) is 0 Å². The van der Waals surface area contributed by atoms with Crippen LogP contribution in [0.5, 0.6) is 0 Å². The molecule has 0 atom stereocenters. The van der Waals surface area contributed by atoms with E-state index in [0.29, 0.717) is 17.7 Å². The zero-order valence-corrected chi connectivity index (χ0v) is 19.9. The summed E-state index contributed by atoms with van der Waals surface area (Å²) >= 11 is 0. The first-order valence-corrected chi connectivity index (χ1v) is 11.6. The molecule has 0 fully saturated rings. The molecular formula is C30H20F8. The highest BCUT2D eigenvalue weighted by atomic mass is 19.4. The Kier molecular flexibility index (Phi) is 7.71. The number of benzene rings is 4. The molecule has 38 heavy (non-hydrogen) atoms. The molecule has 4 aromatic carbocycles. The van der Waals surface area contributed by atoms with Gasteiger partial charge in [-0.05, 0) is 70.6 Å². The highest BCUT2D eigenvalue weighted by Crippen LogP contribution is 2.35. The van der Waals surface area contributed by atoms with E-state index in [1.54, 1.807) is 6.07 Å². The second kappa shape index (κ2) is 10.8. The van der Waals surface area contributed by atoms with E-state index in [2.05, 4.69) is 6.92 Å². The molecule has 0 aromatic heterocycles. The van der Waals surface area contributed by atoms with Crippen molar-refractivity contribution in [1.29, 1.82) is 0 Å². The summed E-state index contributed by atoms with van der Waals surface area (Å²) in [4.78, 5) is 0. The molecule has 0 aliphatic carbocycles. The van der Waals surface area contributed by atoms with E-state index in [-0.39, 0.29) is 23.3 Å². The van der Waals surface area contributed by atoms with Gasteiger partial charge in [-0.1, -0.05) is 49.7 Å². The smallest absolute Gasteiger partial charge is 0.206 e. The van der Waals surface area contributed by atoms with Gasteiger partial charge < -0.3 is 0 Å². The van der Waals surface area contributed by atoms with E-state index in [1.807, 2.05) is 24.3 Å². The topological polar surface area (TPSA) is 0 Å². The summed E-state index contributed by atoms with van der Waals surface area (Å²) < 4.78 is 111. The molecule has 0 heterocycles. The lowest BCUT2D eigenvalue weighted by molar-refractivity contribution is -0.0790. The first-order valence-electron chi connectivity index (χ1n) is 11.6.